The maximum Gasteiger partial charge on any atom is 0.261 e. The summed E-state index contributed by atoms with van der Waals surface area (Å²) in [6, 6.07) is 1.86. The largest absolute Gasteiger partial charge is 0.409 e. The topological polar surface area (TPSA) is 87.7 Å². The van der Waals surface area contributed by atoms with Crippen LogP contribution in [0.4, 0.5) is 0 Å². The van der Waals surface area contributed by atoms with Gasteiger partial charge in [-0.1, -0.05) is 5.16 Å². The summed E-state index contributed by atoms with van der Waals surface area (Å²) in [5.74, 6) is -0.00854. The Balaban J connectivity index is 2.47. The Hall–Kier alpha value is -1.56. The Morgan fingerprint density at radius 3 is 2.81 bits per heavy atom. The maximum absolute atomic E-state index is 11.6. The van der Waals surface area contributed by atoms with Crippen molar-refractivity contribution in [2.75, 3.05) is 6.54 Å². The molecule has 0 aliphatic rings. The van der Waals surface area contributed by atoms with Gasteiger partial charge in [-0.05, 0) is 25.5 Å². The van der Waals surface area contributed by atoms with E-state index < -0.39 is 0 Å². The number of rotatable bonds is 4. The van der Waals surface area contributed by atoms with E-state index in [2.05, 4.69) is 10.5 Å². The highest BCUT2D eigenvalue weighted by atomic mass is 32.1. The van der Waals surface area contributed by atoms with Crippen LogP contribution < -0.4 is 11.1 Å². The van der Waals surface area contributed by atoms with Crippen molar-refractivity contribution >= 4 is 23.1 Å². The van der Waals surface area contributed by atoms with E-state index in [1.165, 1.54) is 11.3 Å². The van der Waals surface area contributed by atoms with Gasteiger partial charge in [0.2, 0.25) is 0 Å². The highest BCUT2D eigenvalue weighted by molar-refractivity contribution is 7.14. The highest BCUT2D eigenvalue weighted by Gasteiger charge is 2.09. The molecule has 0 spiro atoms. The lowest BCUT2D eigenvalue weighted by Crippen LogP contribution is -2.27. The maximum atomic E-state index is 11.6. The van der Waals surface area contributed by atoms with Crippen molar-refractivity contribution < 1.29 is 10.0 Å². The number of aryl methyl sites for hydroxylation is 2. The first-order chi connectivity index (χ1) is 7.54. The van der Waals surface area contributed by atoms with Crippen LogP contribution in [-0.2, 0) is 0 Å². The molecule has 1 heterocycles. The monoisotopic (exact) mass is 241 g/mol. The molecule has 0 saturated carbocycles. The van der Waals surface area contributed by atoms with Gasteiger partial charge in [0.1, 0.15) is 5.84 Å². The fourth-order valence-electron chi connectivity index (χ4n) is 1.13. The summed E-state index contributed by atoms with van der Waals surface area (Å²) in [5.41, 5.74) is 6.39. The summed E-state index contributed by atoms with van der Waals surface area (Å²) in [7, 11) is 0. The van der Waals surface area contributed by atoms with Crippen molar-refractivity contribution in [2.24, 2.45) is 10.9 Å². The number of nitrogens with two attached hydrogens (primary N) is 1. The van der Waals surface area contributed by atoms with Gasteiger partial charge >= 0.3 is 0 Å². The van der Waals surface area contributed by atoms with Gasteiger partial charge < -0.3 is 16.3 Å². The minimum absolute atomic E-state index is 0.110. The number of thiophene rings is 1. The third kappa shape index (κ3) is 3.23. The van der Waals surface area contributed by atoms with E-state index in [0.717, 1.165) is 10.4 Å². The Labute approximate surface area is 98.0 Å². The van der Waals surface area contributed by atoms with Gasteiger partial charge in [-0.2, -0.15) is 0 Å². The first kappa shape index (κ1) is 12.5. The van der Waals surface area contributed by atoms with Crippen LogP contribution >= 0.6 is 11.3 Å². The van der Waals surface area contributed by atoms with Gasteiger partial charge in [0, 0.05) is 17.8 Å². The van der Waals surface area contributed by atoms with Crippen molar-refractivity contribution in [1.29, 1.82) is 0 Å². The summed E-state index contributed by atoms with van der Waals surface area (Å²) >= 11 is 1.46. The third-order valence-electron chi connectivity index (χ3n) is 2.18. The van der Waals surface area contributed by atoms with E-state index in [4.69, 9.17) is 10.9 Å². The number of oxime groups is 1. The number of amidine groups is 1. The third-order valence-corrected chi connectivity index (χ3v) is 3.34. The summed E-state index contributed by atoms with van der Waals surface area (Å²) in [4.78, 5) is 13.5. The lowest BCUT2D eigenvalue weighted by Gasteiger charge is -2.01. The average molecular weight is 241 g/mol. The van der Waals surface area contributed by atoms with Crippen LogP contribution in [-0.4, -0.2) is 23.5 Å². The number of carbonyl (C=O) groups excluding carboxylic acids is 1. The second-order valence-electron chi connectivity index (χ2n) is 3.45. The Morgan fingerprint density at radius 2 is 2.31 bits per heavy atom. The zero-order valence-electron chi connectivity index (χ0n) is 9.28. The van der Waals surface area contributed by atoms with Crippen LogP contribution in [0.3, 0.4) is 0 Å². The number of hydrogen-bond donors (Lipinski definition) is 3. The molecular formula is C10H15N3O2S. The van der Waals surface area contributed by atoms with Gasteiger partial charge in [0.05, 0.1) is 4.88 Å². The van der Waals surface area contributed by atoms with Crippen molar-refractivity contribution in [3.8, 4) is 0 Å². The summed E-state index contributed by atoms with van der Waals surface area (Å²) < 4.78 is 0. The van der Waals surface area contributed by atoms with E-state index in [-0.39, 0.29) is 11.7 Å². The molecule has 6 heteroatoms. The molecule has 1 aromatic heterocycles. The lowest BCUT2D eigenvalue weighted by molar-refractivity contribution is 0.0958. The summed E-state index contributed by atoms with van der Waals surface area (Å²) in [5, 5.41) is 13.8. The van der Waals surface area contributed by atoms with Gasteiger partial charge in [-0.15, -0.1) is 11.3 Å². The number of amides is 1. The van der Waals surface area contributed by atoms with Crippen LogP contribution in [0.15, 0.2) is 11.2 Å². The highest BCUT2D eigenvalue weighted by Crippen LogP contribution is 2.20. The molecule has 4 N–H and O–H groups in total. The fourth-order valence-corrected chi connectivity index (χ4v) is 2.08. The van der Waals surface area contributed by atoms with Gasteiger partial charge in [0.15, 0.2) is 0 Å². The van der Waals surface area contributed by atoms with Crippen LogP contribution in [0.2, 0.25) is 0 Å². The molecule has 0 atom stereocenters. The number of nitrogens with one attached hydrogen (secondary N) is 1. The smallest absolute Gasteiger partial charge is 0.261 e. The second kappa shape index (κ2) is 5.50. The molecule has 16 heavy (non-hydrogen) atoms. The minimum atomic E-state index is -0.119. The molecule has 0 unspecified atom stereocenters. The van der Waals surface area contributed by atoms with Crippen LogP contribution in [0.1, 0.15) is 26.5 Å². The van der Waals surface area contributed by atoms with E-state index in [0.29, 0.717) is 17.8 Å². The lowest BCUT2D eigenvalue weighted by atomic mass is 10.3. The molecule has 0 aliphatic heterocycles. The Bertz CT molecular complexity index is 393. The van der Waals surface area contributed by atoms with Crippen LogP contribution in [0.5, 0.6) is 0 Å². The molecule has 0 saturated heterocycles. The molecule has 88 valence electrons. The van der Waals surface area contributed by atoms with E-state index >= 15 is 0 Å². The Morgan fingerprint density at radius 1 is 1.62 bits per heavy atom. The molecule has 0 fully saturated rings. The average Bonchev–Trinajstić information content (AvgIpc) is 2.59. The van der Waals surface area contributed by atoms with Crippen molar-refractivity contribution in [3.05, 3.63) is 21.4 Å². The molecule has 0 radical (unpaired) electrons. The quantitative estimate of drug-likeness (QED) is 0.320. The molecule has 0 aromatic carbocycles. The molecule has 1 aromatic rings. The molecule has 0 aliphatic carbocycles. The van der Waals surface area contributed by atoms with E-state index in [1.54, 1.807) is 0 Å². The van der Waals surface area contributed by atoms with Gasteiger partial charge in [0.25, 0.3) is 5.91 Å². The molecule has 1 rings (SSSR count). The predicted molar refractivity (Wildman–Crippen MR) is 64.2 cm³/mol. The van der Waals surface area contributed by atoms with Crippen molar-refractivity contribution in [1.82, 2.24) is 5.32 Å². The SMILES string of the molecule is Cc1cc(C(=O)NCCC(N)=NO)sc1C. The molecule has 5 nitrogen and oxygen atoms in total. The first-order valence-corrected chi connectivity index (χ1v) is 5.68. The van der Waals surface area contributed by atoms with Gasteiger partial charge in [-0.25, -0.2) is 0 Å². The zero-order valence-corrected chi connectivity index (χ0v) is 10.1. The predicted octanol–water partition coefficient (Wildman–Crippen LogP) is 1.23. The standard InChI is InChI=1S/C10H15N3O2S/c1-6-5-8(16-7(6)2)10(14)12-4-3-9(11)13-15/h5,15H,3-4H2,1-2H3,(H2,11,13)(H,12,14). The number of hydrogen-bond acceptors (Lipinski definition) is 4. The summed E-state index contributed by atoms with van der Waals surface area (Å²) in [6.45, 7) is 4.32. The van der Waals surface area contributed by atoms with Crippen LogP contribution in [0.25, 0.3) is 0 Å². The summed E-state index contributed by atoms with van der Waals surface area (Å²) in [6.07, 6.45) is 0.339. The first-order valence-electron chi connectivity index (χ1n) is 4.86. The zero-order chi connectivity index (χ0) is 12.1. The Kier molecular flexibility index (Phi) is 4.30. The normalized spacial score (nSPS) is 11.5. The second-order valence-corrected chi connectivity index (χ2v) is 4.70. The van der Waals surface area contributed by atoms with Crippen molar-refractivity contribution in [3.63, 3.8) is 0 Å². The molecular weight excluding hydrogens is 226 g/mol. The number of carbonyl (C=O) groups is 1. The molecule has 1 amide bonds. The van der Waals surface area contributed by atoms with Crippen molar-refractivity contribution in [2.45, 2.75) is 20.3 Å². The minimum Gasteiger partial charge on any atom is -0.409 e. The number of nitrogens with zero attached hydrogens (tertiary/aromatic N) is 1. The fraction of sp³-hybridized carbons (Fsp3) is 0.400. The van der Waals surface area contributed by atoms with E-state index in [1.807, 2.05) is 19.9 Å². The van der Waals surface area contributed by atoms with Gasteiger partial charge in [-0.3, -0.25) is 4.79 Å². The van der Waals surface area contributed by atoms with E-state index in [9.17, 15) is 4.79 Å². The van der Waals surface area contributed by atoms with Crippen LogP contribution in [0, 0.1) is 13.8 Å². The molecule has 0 bridgehead atoms.